The predicted octanol–water partition coefficient (Wildman–Crippen LogP) is 2.70. The largest absolute Gasteiger partial charge is 0.466 e. The van der Waals surface area contributed by atoms with Gasteiger partial charge in [-0.2, -0.15) is 5.10 Å². The summed E-state index contributed by atoms with van der Waals surface area (Å²) >= 11 is 0. The number of aromatic nitrogens is 2. The summed E-state index contributed by atoms with van der Waals surface area (Å²) in [4.78, 5) is 12.0. The first-order chi connectivity index (χ1) is 10.7. The second-order valence-electron chi connectivity index (χ2n) is 6.21. The Morgan fingerprint density at radius 3 is 2.70 bits per heavy atom. The fourth-order valence-electron chi connectivity index (χ4n) is 2.37. The molecule has 1 atom stereocenters. The van der Waals surface area contributed by atoms with E-state index in [1.54, 1.807) is 37.0 Å². The lowest BCUT2D eigenvalue weighted by Crippen LogP contribution is -2.40. The number of hydrogen-bond donors (Lipinski definition) is 3. The number of carbonyl (C=O) groups is 1. The number of furan rings is 1. The molecule has 0 bridgehead atoms. The van der Waals surface area contributed by atoms with Gasteiger partial charge in [-0.05, 0) is 40.7 Å². The molecule has 0 saturated carbocycles. The number of nitrogens with one attached hydrogen (secondary N) is 2. The molecule has 2 aromatic rings. The molecule has 2 heterocycles. The van der Waals surface area contributed by atoms with Crippen molar-refractivity contribution < 1.29 is 14.3 Å². The summed E-state index contributed by atoms with van der Waals surface area (Å²) in [7, 11) is 0. The van der Waals surface area contributed by atoms with E-state index in [1.807, 2.05) is 20.8 Å². The summed E-state index contributed by atoms with van der Waals surface area (Å²) in [5.74, 6) is 1.37. The number of urea groups is 1. The number of rotatable bonds is 5. The van der Waals surface area contributed by atoms with Gasteiger partial charge in [0.1, 0.15) is 17.1 Å². The average molecular weight is 320 g/mol. The molecule has 0 spiro atoms. The fourth-order valence-corrected chi connectivity index (χ4v) is 2.37. The summed E-state index contributed by atoms with van der Waals surface area (Å²) in [6.07, 6.45) is 3.34. The molecule has 2 amide bonds. The van der Waals surface area contributed by atoms with Crippen LogP contribution in [0.15, 0.2) is 22.9 Å². The average Bonchev–Trinajstić information content (AvgIpc) is 3.03. The van der Waals surface area contributed by atoms with Crippen LogP contribution in [0.5, 0.6) is 0 Å². The fraction of sp³-hybridized carbons (Fsp3) is 0.500. The Labute approximate surface area is 135 Å². The molecular weight excluding hydrogens is 296 g/mol. The van der Waals surface area contributed by atoms with Crippen LogP contribution in [0.2, 0.25) is 0 Å². The zero-order chi connectivity index (χ0) is 17.2. The molecule has 2 aromatic heterocycles. The normalized spacial score (nSPS) is 13.9. The highest BCUT2D eigenvalue weighted by molar-refractivity contribution is 5.88. The zero-order valence-corrected chi connectivity index (χ0v) is 14.2. The van der Waals surface area contributed by atoms with Crippen LogP contribution in [-0.4, -0.2) is 27.5 Å². The Balaban J connectivity index is 1.94. The van der Waals surface area contributed by atoms with Gasteiger partial charge in [0.25, 0.3) is 0 Å². The van der Waals surface area contributed by atoms with Crippen molar-refractivity contribution in [3.63, 3.8) is 0 Å². The third kappa shape index (κ3) is 4.13. The van der Waals surface area contributed by atoms with Crippen molar-refractivity contribution in [1.82, 2.24) is 15.1 Å². The molecule has 0 unspecified atom stereocenters. The monoisotopic (exact) mass is 320 g/mol. The van der Waals surface area contributed by atoms with E-state index in [2.05, 4.69) is 15.7 Å². The van der Waals surface area contributed by atoms with E-state index in [9.17, 15) is 9.90 Å². The van der Waals surface area contributed by atoms with Crippen LogP contribution in [0.25, 0.3) is 0 Å². The van der Waals surface area contributed by atoms with Crippen LogP contribution in [0, 0.1) is 13.8 Å². The summed E-state index contributed by atoms with van der Waals surface area (Å²) in [6.45, 7) is 9.32. The second kappa shape index (κ2) is 6.45. The van der Waals surface area contributed by atoms with Gasteiger partial charge in [0.2, 0.25) is 0 Å². The minimum atomic E-state index is -1.21. The van der Waals surface area contributed by atoms with E-state index >= 15 is 0 Å². The minimum absolute atomic E-state index is 0.0664. The lowest BCUT2D eigenvalue weighted by molar-refractivity contribution is 0.0584. The first kappa shape index (κ1) is 17.1. The SMILES string of the molecule is Cc1cc([C@@](C)(O)CNC(=O)Nc2cnn(C(C)C)c2)c(C)o1. The summed E-state index contributed by atoms with van der Waals surface area (Å²) in [5.41, 5.74) is 0.0653. The van der Waals surface area contributed by atoms with E-state index in [4.69, 9.17) is 4.42 Å². The van der Waals surface area contributed by atoms with Gasteiger partial charge in [-0.25, -0.2) is 4.79 Å². The maximum absolute atomic E-state index is 12.0. The summed E-state index contributed by atoms with van der Waals surface area (Å²) in [5, 5.41) is 20.1. The predicted molar refractivity (Wildman–Crippen MR) is 87.4 cm³/mol. The molecule has 23 heavy (non-hydrogen) atoms. The van der Waals surface area contributed by atoms with Gasteiger partial charge in [-0.1, -0.05) is 0 Å². The molecule has 0 aliphatic rings. The lowest BCUT2D eigenvalue weighted by Gasteiger charge is -2.23. The van der Waals surface area contributed by atoms with E-state index in [1.165, 1.54) is 0 Å². The van der Waals surface area contributed by atoms with Gasteiger partial charge >= 0.3 is 6.03 Å². The Hall–Kier alpha value is -2.28. The van der Waals surface area contributed by atoms with Crippen LogP contribution in [0.1, 0.15) is 43.9 Å². The van der Waals surface area contributed by atoms with E-state index in [0.717, 1.165) is 5.76 Å². The van der Waals surface area contributed by atoms with Crippen molar-refractivity contribution in [3.05, 3.63) is 35.5 Å². The quantitative estimate of drug-likeness (QED) is 0.790. The van der Waals surface area contributed by atoms with Gasteiger partial charge in [0, 0.05) is 17.8 Å². The second-order valence-corrected chi connectivity index (χ2v) is 6.21. The molecule has 0 fully saturated rings. The number of amides is 2. The van der Waals surface area contributed by atoms with E-state index in [0.29, 0.717) is 17.0 Å². The van der Waals surface area contributed by atoms with Gasteiger partial charge in [-0.15, -0.1) is 0 Å². The number of aryl methyl sites for hydroxylation is 2. The van der Waals surface area contributed by atoms with Crippen molar-refractivity contribution >= 4 is 11.7 Å². The Bertz CT molecular complexity index is 685. The molecule has 7 nitrogen and oxygen atoms in total. The summed E-state index contributed by atoms with van der Waals surface area (Å²) < 4.78 is 7.18. The number of aliphatic hydroxyl groups is 1. The van der Waals surface area contributed by atoms with Crippen LogP contribution in [0.3, 0.4) is 0 Å². The van der Waals surface area contributed by atoms with Crippen molar-refractivity contribution in [2.75, 3.05) is 11.9 Å². The Morgan fingerprint density at radius 2 is 2.17 bits per heavy atom. The standard InChI is InChI=1S/C16H24N4O3/c1-10(2)20-8-13(7-18-20)19-15(21)17-9-16(5,22)14-6-11(3)23-12(14)4/h6-8,10,22H,9H2,1-5H3,(H2,17,19,21)/t16-/m0/s1. The van der Waals surface area contributed by atoms with E-state index in [-0.39, 0.29) is 12.6 Å². The molecule has 7 heteroatoms. The zero-order valence-electron chi connectivity index (χ0n) is 14.2. The molecule has 126 valence electrons. The number of nitrogens with zero attached hydrogens (tertiary/aromatic N) is 2. The topological polar surface area (TPSA) is 92.3 Å². The smallest absolute Gasteiger partial charge is 0.319 e. The van der Waals surface area contributed by atoms with Crippen LogP contribution < -0.4 is 10.6 Å². The third-order valence-electron chi connectivity index (χ3n) is 3.60. The molecule has 0 saturated heterocycles. The van der Waals surface area contributed by atoms with Gasteiger partial charge in [-0.3, -0.25) is 4.68 Å². The molecule has 0 aromatic carbocycles. The minimum Gasteiger partial charge on any atom is -0.466 e. The maximum Gasteiger partial charge on any atom is 0.319 e. The van der Waals surface area contributed by atoms with Crippen molar-refractivity contribution in [1.29, 1.82) is 0 Å². The molecule has 0 radical (unpaired) electrons. The molecule has 0 aliphatic carbocycles. The molecular formula is C16H24N4O3. The van der Waals surface area contributed by atoms with Gasteiger partial charge < -0.3 is 20.2 Å². The van der Waals surface area contributed by atoms with E-state index < -0.39 is 11.6 Å². The van der Waals surface area contributed by atoms with Crippen molar-refractivity contribution in [2.45, 2.75) is 46.3 Å². The van der Waals surface area contributed by atoms with Gasteiger partial charge in [0.05, 0.1) is 18.4 Å². The first-order valence-electron chi connectivity index (χ1n) is 7.58. The molecule has 2 rings (SSSR count). The van der Waals surface area contributed by atoms with Crippen LogP contribution >= 0.6 is 0 Å². The number of carbonyl (C=O) groups excluding carboxylic acids is 1. The van der Waals surface area contributed by atoms with Gasteiger partial charge in [0.15, 0.2) is 0 Å². The number of hydrogen-bond acceptors (Lipinski definition) is 4. The van der Waals surface area contributed by atoms with Crippen LogP contribution in [-0.2, 0) is 5.60 Å². The highest BCUT2D eigenvalue weighted by Crippen LogP contribution is 2.26. The first-order valence-corrected chi connectivity index (χ1v) is 7.58. The van der Waals surface area contributed by atoms with Crippen molar-refractivity contribution in [3.8, 4) is 0 Å². The number of anilines is 1. The maximum atomic E-state index is 12.0. The third-order valence-corrected chi connectivity index (χ3v) is 3.60. The van der Waals surface area contributed by atoms with Crippen LogP contribution in [0.4, 0.5) is 10.5 Å². The Morgan fingerprint density at radius 1 is 1.48 bits per heavy atom. The highest BCUT2D eigenvalue weighted by atomic mass is 16.3. The highest BCUT2D eigenvalue weighted by Gasteiger charge is 2.28. The summed E-state index contributed by atoms with van der Waals surface area (Å²) in [6, 6.07) is 1.61. The Kier molecular flexibility index (Phi) is 4.79. The lowest BCUT2D eigenvalue weighted by atomic mass is 9.96. The molecule has 3 N–H and O–H groups in total. The van der Waals surface area contributed by atoms with Crippen molar-refractivity contribution in [2.24, 2.45) is 0 Å². The molecule has 0 aliphatic heterocycles.